The third-order valence-electron chi connectivity index (χ3n) is 12.5. The van der Waals surface area contributed by atoms with Gasteiger partial charge in [0.25, 0.3) is 5.91 Å². The monoisotopic (exact) mass is 719 g/mol. The topological polar surface area (TPSA) is 170 Å². The molecule has 0 saturated carbocycles. The highest BCUT2D eigenvalue weighted by Crippen LogP contribution is 2.55. The van der Waals surface area contributed by atoms with Crippen molar-refractivity contribution in [1.82, 2.24) is 44.5 Å². The van der Waals surface area contributed by atoms with Gasteiger partial charge in [-0.25, -0.2) is 19.3 Å². The van der Waals surface area contributed by atoms with Gasteiger partial charge in [-0.3, -0.25) is 4.79 Å². The minimum Gasteiger partial charge on any atom is -0.389 e. The van der Waals surface area contributed by atoms with Crippen LogP contribution in [0, 0.1) is 11.3 Å². The van der Waals surface area contributed by atoms with E-state index in [0.717, 1.165) is 92.2 Å². The number of hydrogen-bond donors (Lipinski definition) is 1. The van der Waals surface area contributed by atoms with E-state index in [2.05, 4.69) is 24.9 Å². The molecule has 52 heavy (non-hydrogen) atoms. The minimum absolute atomic E-state index is 0.0544. The first-order chi connectivity index (χ1) is 25.4. The van der Waals surface area contributed by atoms with Crippen LogP contribution in [0.3, 0.4) is 0 Å². The number of hydrogen-bond acceptors (Lipinski definition) is 12. The summed E-state index contributed by atoms with van der Waals surface area (Å²) < 4.78 is 15.7. The lowest BCUT2D eigenvalue weighted by molar-refractivity contribution is 0.0629. The summed E-state index contributed by atoms with van der Waals surface area (Å²) in [4.78, 5) is 29.7. The first kappa shape index (κ1) is 32.0. The molecule has 268 valence electrons. The van der Waals surface area contributed by atoms with E-state index in [1.807, 2.05) is 22.0 Å². The number of aromatic nitrogens is 7. The number of ether oxygens (including phenoxy) is 1. The zero-order valence-electron chi connectivity index (χ0n) is 29.5. The first-order valence-corrected chi connectivity index (χ1v) is 19.4. The molecule has 5 aliphatic rings. The predicted octanol–water partition coefficient (Wildman–Crippen LogP) is 4.58. The van der Waals surface area contributed by atoms with Crippen LogP contribution in [-0.4, -0.2) is 95.8 Å². The van der Waals surface area contributed by atoms with Gasteiger partial charge in [0.2, 0.25) is 0 Å². The van der Waals surface area contributed by atoms with E-state index in [1.54, 1.807) is 4.68 Å². The molecule has 1 spiro atoms. The number of nitriles is 1. The van der Waals surface area contributed by atoms with Crippen LogP contribution < -0.4 is 5.73 Å². The Labute approximate surface area is 304 Å². The maximum Gasteiger partial charge on any atom is 0.274 e. The Morgan fingerprint density at radius 2 is 1.98 bits per heavy atom. The van der Waals surface area contributed by atoms with Crippen LogP contribution in [0.4, 0.5) is 5.00 Å². The van der Waals surface area contributed by atoms with Crippen molar-refractivity contribution < 1.29 is 14.1 Å². The third-order valence-corrected chi connectivity index (χ3v) is 13.5. The van der Waals surface area contributed by atoms with Crippen LogP contribution in [0.5, 0.6) is 0 Å². The number of anilines is 1. The normalized spacial score (nSPS) is 25.1. The molecule has 5 aromatic rings. The second kappa shape index (κ2) is 11.9. The summed E-state index contributed by atoms with van der Waals surface area (Å²) in [6.45, 7) is 5.13. The van der Waals surface area contributed by atoms with Crippen LogP contribution in [0.15, 0.2) is 16.9 Å². The molecule has 0 aromatic carbocycles. The summed E-state index contributed by atoms with van der Waals surface area (Å²) in [5, 5.41) is 26.1. The number of aryl methyl sites for hydroxylation is 1. The summed E-state index contributed by atoms with van der Waals surface area (Å²) in [5.41, 5.74) is 11.2. The highest BCUT2D eigenvalue weighted by atomic mass is 32.1. The minimum atomic E-state index is -0.459. The van der Waals surface area contributed by atoms with Crippen LogP contribution in [-0.2, 0) is 29.4 Å². The van der Waals surface area contributed by atoms with Gasteiger partial charge in [0.15, 0.2) is 34.4 Å². The van der Waals surface area contributed by atoms with E-state index in [1.165, 1.54) is 16.2 Å². The van der Waals surface area contributed by atoms with Gasteiger partial charge in [0, 0.05) is 41.4 Å². The molecule has 10 rings (SSSR count). The summed E-state index contributed by atoms with van der Waals surface area (Å²) in [7, 11) is 2.17. The van der Waals surface area contributed by atoms with Gasteiger partial charge >= 0.3 is 0 Å². The van der Waals surface area contributed by atoms with Gasteiger partial charge in [-0.1, -0.05) is 5.16 Å². The second-order valence-corrected chi connectivity index (χ2v) is 16.4. The van der Waals surface area contributed by atoms with Crippen molar-refractivity contribution in [2.75, 3.05) is 39.1 Å². The number of likely N-dealkylation sites (N-methyl/N-ethyl adjacent to an activating group) is 1. The number of thiophene rings is 1. The van der Waals surface area contributed by atoms with Gasteiger partial charge in [0.1, 0.15) is 11.1 Å². The number of rotatable bonds is 5. The summed E-state index contributed by atoms with van der Waals surface area (Å²) >= 11 is 1.53. The van der Waals surface area contributed by atoms with E-state index in [0.29, 0.717) is 71.5 Å². The van der Waals surface area contributed by atoms with Crippen molar-refractivity contribution in [2.45, 2.75) is 94.7 Å². The molecule has 2 saturated heterocycles. The molecule has 15 heteroatoms. The van der Waals surface area contributed by atoms with E-state index >= 15 is 0 Å². The fraction of sp³-hybridized carbons (Fsp3) is 0.541. The molecule has 2 N–H and O–H groups in total. The summed E-state index contributed by atoms with van der Waals surface area (Å²) in [6.07, 6.45) is 12.8. The molecule has 2 fully saturated rings. The lowest BCUT2D eigenvalue weighted by Gasteiger charge is -2.39. The maximum absolute atomic E-state index is 13.8. The molecule has 1 amide bonds. The Hall–Kier alpha value is -4.65. The third kappa shape index (κ3) is 4.59. The van der Waals surface area contributed by atoms with E-state index < -0.39 is 5.41 Å². The highest BCUT2D eigenvalue weighted by molar-refractivity contribution is 7.16. The molecule has 3 aliphatic heterocycles. The van der Waals surface area contributed by atoms with E-state index in [4.69, 9.17) is 40.3 Å². The molecule has 2 aliphatic carbocycles. The van der Waals surface area contributed by atoms with Crippen LogP contribution >= 0.6 is 11.3 Å². The van der Waals surface area contributed by atoms with Gasteiger partial charge in [-0.15, -0.1) is 11.3 Å². The maximum atomic E-state index is 13.8. The van der Waals surface area contributed by atoms with Crippen molar-refractivity contribution in [3.05, 3.63) is 51.0 Å². The SMILES string of the molecule is C[C@@H]([C@@H]1CCCN1C)n1ncc2c(-n3cc4c(n3)C(=O)N([C@H]3CCOC3)CC4)nc(-c3noc4c3CCC[C@@]43CCCc4sc(N)c(C#N)c43)nc21. The number of nitrogen functional groups attached to an aromatic ring is 1. The van der Waals surface area contributed by atoms with Crippen molar-refractivity contribution >= 4 is 33.3 Å². The zero-order chi connectivity index (χ0) is 35.3. The zero-order valence-corrected chi connectivity index (χ0v) is 30.3. The van der Waals surface area contributed by atoms with Gasteiger partial charge in [0.05, 0.1) is 41.3 Å². The summed E-state index contributed by atoms with van der Waals surface area (Å²) in [6, 6.07) is 2.86. The van der Waals surface area contributed by atoms with Crippen molar-refractivity contribution in [1.29, 1.82) is 5.26 Å². The Balaban J connectivity index is 1.13. The molecule has 0 unspecified atom stereocenters. The number of nitrogens with two attached hydrogens (primary N) is 1. The highest BCUT2D eigenvalue weighted by Gasteiger charge is 2.49. The summed E-state index contributed by atoms with van der Waals surface area (Å²) in [5.74, 6) is 1.72. The molecule has 0 bridgehead atoms. The Morgan fingerprint density at radius 1 is 1.12 bits per heavy atom. The fourth-order valence-electron chi connectivity index (χ4n) is 9.89. The number of nitrogens with zero attached hydrogens (tertiary/aromatic N) is 10. The van der Waals surface area contributed by atoms with Crippen molar-refractivity contribution in [3.63, 3.8) is 0 Å². The second-order valence-electron chi connectivity index (χ2n) is 15.2. The molecule has 14 nitrogen and oxygen atoms in total. The predicted molar refractivity (Wildman–Crippen MR) is 192 cm³/mol. The van der Waals surface area contributed by atoms with Crippen LogP contribution in [0.2, 0.25) is 0 Å². The molecular weight excluding hydrogens is 679 g/mol. The molecular formula is C37H41N11O3S. The largest absolute Gasteiger partial charge is 0.389 e. The Kier molecular flexibility index (Phi) is 7.36. The standard InChI is InChI=1S/C37H41N11O3S/c1-20(26-7-5-13-45(26)2)48-35-25(17-40-48)34(47-18-21-9-14-46(22-10-15-50-19-22)36(49)29(21)43-47)41-33(42-35)30-23-6-3-11-37(31(23)51-44-30)12-4-8-27-28(37)24(16-38)32(39)52-27/h17-18,20,22,26H,3-15,19,39H2,1-2H3/t20-,22-,26-,37-/m0/s1. The van der Waals surface area contributed by atoms with Crippen molar-refractivity contribution in [3.8, 4) is 23.4 Å². The smallest absolute Gasteiger partial charge is 0.274 e. The molecule has 8 heterocycles. The number of likely N-dealkylation sites (tertiary alicyclic amines) is 1. The average Bonchev–Trinajstić information content (AvgIpc) is 4.00. The van der Waals surface area contributed by atoms with Crippen LogP contribution in [0.1, 0.15) is 101 Å². The number of carbonyl (C=O) groups excluding carboxylic acids is 1. The van der Waals surface area contributed by atoms with Gasteiger partial charge < -0.3 is 24.8 Å². The van der Waals surface area contributed by atoms with Crippen LogP contribution in [0.25, 0.3) is 28.4 Å². The molecule has 0 radical (unpaired) electrons. The number of amides is 1. The first-order valence-electron chi connectivity index (χ1n) is 18.6. The van der Waals surface area contributed by atoms with Gasteiger partial charge in [-0.2, -0.15) is 15.5 Å². The van der Waals surface area contributed by atoms with Crippen molar-refractivity contribution in [2.24, 2.45) is 0 Å². The van der Waals surface area contributed by atoms with E-state index in [-0.39, 0.29) is 18.0 Å². The molecule has 4 atom stereocenters. The average molecular weight is 720 g/mol. The van der Waals surface area contributed by atoms with Gasteiger partial charge in [-0.05, 0) is 90.3 Å². The number of carbonyl (C=O) groups is 1. The lowest BCUT2D eigenvalue weighted by atomic mass is 9.63. The fourth-order valence-corrected chi connectivity index (χ4v) is 11.1. The quantitative estimate of drug-likeness (QED) is 0.270. The lowest BCUT2D eigenvalue weighted by Crippen LogP contribution is -2.45. The number of fused-ring (bicyclic) bond motifs is 6. The Bertz CT molecular complexity index is 2290. The van der Waals surface area contributed by atoms with E-state index in [9.17, 15) is 10.1 Å². The molecule has 5 aromatic heterocycles. The Morgan fingerprint density at radius 3 is 2.77 bits per heavy atom.